The third-order valence-corrected chi connectivity index (χ3v) is 8.67. The highest BCUT2D eigenvalue weighted by Crippen LogP contribution is 2.67. The number of ether oxygens (including phenoxy) is 1. The fourth-order valence-corrected chi connectivity index (χ4v) is 7.38. The van der Waals surface area contributed by atoms with Crippen molar-refractivity contribution in [2.24, 2.45) is 11.3 Å². The van der Waals surface area contributed by atoms with Crippen molar-refractivity contribution in [1.82, 2.24) is 4.90 Å². The molecular formula is C26H31NO3. The third kappa shape index (κ3) is 2.20. The van der Waals surface area contributed by atoms with Crippen LogP contribution in [0.1, 0.15) is 30.9 Å². The van der Waals surface area contributed by atoms with Crippen LogP contribution in [0, 0.1) is 11.3 Å². The maximum Gasteiger partial charge on any atom is 0.124 e. The summed E-state index contributed by atoms with van der Waals surface area (Å²) in [6.07, 6.45) is 10.2. The second kappa shape index (κ2) is 6.39. The Hall–Kier alpha value is -1.72. The van der Waals surface area contributed by atoms with Crippen LogP contribution in [-0.4, -0.2) is 58.7 Å². The molecule has 5 aliphatic rings. The van der Waals surface area contributed by atoms with E-state index in [1.54, 1.807) is 0 Å². The quantitative estimate of drug-likeness (QED) is 0.760. The Balaban J connectivity index is 1.57. The first-order chi connectivity index (χ1) is 14.5. The van der Waals surface area contributed by atoms with E-state index in [4.69, 9.17) is 4.74 Å². The van der Waals surface area contributed by atoms with Crippen LogP contribution in [0.15, 0.2) is 59.7 Å². The van der Waals surface area contributed by atoms with Crippen LogP contribution in [0.2, 0.25) is 0 Å². The average molecular weight is 406 g/mol. The smallest absolute Gasteiger partial charge is 0.124 e. The Morgan fingerprint density at radius 2 is 1.93 bits per heavy atom. The van der Waals surface area contributed by atoms with Gasteiger partial charge in [0, 0.05) is 23.8 Å². The largest absolute Gasteiger partial charge is 0.386 e. The molecule has 6 rings (SSSR count). The molecule has 2 heterocycles. The van der Waals surface area contributed by atoms with Crippen molar-refractivity contribution in [3.8, 4) is 0 Å². The number of aliphatic hydroxyl groups excluding tert-OH is 2. The van der Waals surface area contributed by atoms with Gasteiger partial charge in [-0.3, -0.25) is 0 Å². The molecule has 2 saturated heterocycles. The molecule has 2 unspecified atom stereocenters. The van der Waals surface area contributed by atoms with E-state index in [2.05, 4.69) is 55.3 Å². The summed E-state index contributed by atoms with van der Waals surface area (Å²) < 4.78 is 6.90. The molecule has 7 atom stereocenters. The van der Waals surface area contributed by atoms with Gasteiger partial charge in [-0.25, -0.2) is 0 Å². The van der Waals surface area contributed by atoms with E-state index in [9.17, 15) is 10.2 Å². The fourth-order valence-electron chi connectivity index (χ4n) is 7.38. The SMILES string of the molecule is CCc1ccccc1CC12O[C@H]3[C@@H](O)C=C[C@H]4[C@H]5CC(=C1[C@]43CCN5C)C=CC2O. The third-order valence-electron chi connectivity index (χ3n) is 8.67. The summed E-state index contributed by atoms with van der Waals surface area (Å²) in [6, 6.07) is 8.94. The second-order valence-electron chi connectivity index (χ2n) is 9.87. The Bertz CT molecular complexity index is 980. The van der Waals surface area contributed by atoms with E-state index in [-0.39, 0.29) is 11.5 Å². The molecule has 0 amide bonds. The van der Waals surface area contributed by atoms with Crippen LogP contribution in [0.3, 0.4) is 0 Å². The standard InChI is InChI=1S/C26H31NO3/c1-3-16-6-4-5-7-18(16)15-26-22(29)11-8-17-14-20-19-9-10-21(28)24(30-26)25(19,23(17)26)12-13-27(20)2/h4-11,19-22,24,28-29H,3,12-15H2,1-2H3/t19-,20+,21-,22?,24-,25-,26?/m0/s1. The summed E-state index contributed by atoms with van der Waals surface area (Å²) in [7, 11) is 2.22. The molecule has 0 saturated carbocycles. The summed E-state index contributed by atoms with van der Waals surface area (Å²) >= 11 is 0. The molecule has 2 N–H and O–H groups in total. The molecule has 1 spiro atoms. The zero-order valence-electron chi connectivity index (χ0n) is 17.8. The summed E-state index contributed by atoms with van der Waals surface area (Å²) in [5, 5.41) is 22.4. The molecule has 4 heteroatoms. The minimum atomic E-state index is -0.786. The number of aryl methyl sites for hydroxylation is 1. The van der Waals surface area contributed by atoms with Crippen molar-refractivity contribution < 1.29 is 14.9 Å². The molecule has 0 aromatic heterocycles. The van der Waals surface area contributed by atoms with Gasteiger partial charge in [0.25, 0.3) is 0 Å². The van der Waals surface area contributed by atoms with Gasteiger partial charge in [-0.05, 0) is 55.1 Å². The number of nitrogens with zero attached hydrogens (tertiary/aromatic N) is 1. The highest BCUT2D eigenvalue weighted by atomic mass is 16.5. The van der Waals surface area contributed by atoms with Crippen LogP contribution in [-0.2, 0) is 17.6 Å². The number of piperidine rings is 1. The first-order valence-corrected chi connectivity index (χ1v) is 11.4. The maximum atomic E-state index is 11.4. The molecule has 1 aromatic rings. The van der Waals surface area contributed by atoms with Gasteiger partial charge >= 0.3 is 0 Å². The number of hydrogen-bond donors (Lipinski definition) is 2. The molecule has 3 aliphatic carbocycles. The first kappa shape index (κ1) is 19.0. The van der Waals surface area contributed by atoms with Gasteiger partial charge in [0.05, 0.1) is 12.2 Å². The van der Waals surface area contributed by atoms with Gasteiger partial charge in [0.15, 0.2) is 0 Å². The average Bonchev–Trinajstić information content (AvgIpc) is 3.06. The number of benzene rings is 1. The highest BCUT2D eigenvalue weighted by molar-refractivity contribution is 5.54. The van der Waals surface area contributed by atoms with Crippen LogP contribution in [0.25, 0.3) is 0 Å². The number of allylic oxidation sites excluding steroid dienone is 1. The topological polar surface area (TPSA) is 52.9 Å². The van der Waals surface area contributed by atoms with Gasteiger partial charge < -0.3 is 19.8 Å². The van der Waals surface area contributed by atoms with E-state index in [0.717, 1.165) is 25.8 Å². The first-order valence-electron chi connectivity index (χ1n) is 11.4. The summed E-state index contributed by atoms with van der Waals surface area (Å²) in [4.78, 5) is 2.48. The fraction of sp³-hybridized carbons (Fsp3) is 0.538. The van der Waals surface area contributed by atoms with Crippen molar-refractivity contribution in [3.05, 3.63) is 70.8 Å². The molecule has 2 fully saturated rings. The van der Waals surface area contributed by atoms with Gasteiger partial charge in [-0.1, -0.05) is 55.5 Å². The molecule has 2 bridgehead atoms. The predicted molar refractivity (Wildman–Crippen MR) is 116 cm³/mol. The monoisotopic (exact) mass is 405 g/mol. The van der Waals surface area contributed by atoms with E-state index in [0.29, 0.717) is 18.4 Å². The normalized spacial score (nSPS) is 43.8. The van der Waals surface area contributed by atoms with Crippen molar-refractivity contribution in [2.45, 2.75) is 62.6 Å². The predicted octanol–water partition coefficient (Wildman–Crippen LogP) is 2.80. The molecule has 2 aliphatic heterocycles. The molecule has 158 valence electrons. The number of aliphatic hydroxyl groups is 2. The van der Waals surface area contributed by atoms with Gasteiger partial charge in [-0.15, -0.1) is 0 Å². The lowest BCUT2D eigenvalue weighted by Crippen LogP contribution is -2.62. The van der Waals surface area contributed by atoms with Crippen molar-refractivity contribution in [1.29, 1.82) is 0 Å². The van der Waals surface area contributed by atoms with Crippen molar-refractivity contribution in [2.75, 3.05) is 13.6 Å². The van der Waals surface area contributed by atoms with E-state index in [1.165, 1.54) is 22.3 Å². The summed E-state index contributed by atoms with van der Waals surface area (Å²) in [5.74, 6) is 0.324. The second-order valence-corrected chi connectivity index (χ2v) is 9.87. The lowest BCUT2D eigenvalue weighted by molar-refractivity contribution is -0.141. The Morgan fingerprint density at radius 3 is 2.73 bits per heavy atom. The van der Waals surface area contributed by atoms with E-state index >= 15 is 0 Å². The van der Waals surface area contributed by atoms with E-state index in [1.807, 2.05) is 12.2 Å². The highest BCUT2D eigenvalue weighted by Gasteiger charge is 2.71. The molecule has 1 aromatic carbocycles. The minimum Gasteiger partial charge on any atom is -0.386 e. The zero-order valence-corrected chi connectivity index (χ0v) is 17.8. The van der Waals surface area contributed by atoms with Gasteiger partial charge in [-0.2, -0.15) is 0 Å². The lowest BCUT2D eigenvalue weighted by atomic mass is 9.50. The molecule has 4 nitrogen and oxygen atoms in total. The van der Waals surface area contributed by atoms with Crippen molar-refractivity contribution in [3.63, 3.8) is 0 Å². The Morgan fingerprint density at radius 1 is 1.13 bits per heavy atom. The zero-order chi connectivity index (χ0) is 20.7. The molecule has 0 radical (unpaired) electrons. The Labute approximate surface area is 178 Å². The number of likely N-dealkylation sites (tertiary alicyclic amines) is 1. The maximum absolute atomic E-state index is 11.4. The molecule has 30 heavy (non-hydrogen) atoms. The Kier molecular flexibility index (Phi) is 4.05. The van der Waals surface area contributed by atoms with Crippen LogP contribution >= 0.6 is 0 Å². The van der Waals surface area contributed by atoms with Crippen LogP contribution < -0.4 is 0 Å². The van der Waals surface area contributed by atoms with Gasteiger partial charge in [0.2, 0.25) is 0 Å². The van der Waals surface area contributed by atoms with Crippen molar-refractivity contribution >= 4 is 0 Å². The van der Waals surface area contributed by atoms with Crippen LogP contribution in [0.4, 0.5) is 0 Å². The minimum absolute atomic E-state index is 0.216. The van der Waals surface area contributed by atoms with Crippen LogP contribution in [0.5, 0.6) is 0 Å². The molecular weight excluding hydrogens is 374 g/mol. The van der Waals surface area contributed by atoms with Gasteiger partial charge in [0.1, 0.15) is 11.7 Å². The summed E-state index contributed by atoms with van der Waals surface area (Å²) in [5.41, 5.74) is 4.16. The number of hydrogen-bond acceptors (Lipinski definition) is 4. The number of rotatable bonds is 3. The van der Waals surface area contributed by atoms with E-state index < -0.39 is 17.8 Å². The summed E-state index contributed by atoms with van der Waals surface area (Å²) in [6.45, 7) is 3.18. The lowest BCUT2D eigenvalue weighted by Gasteiger charge is -2.58.